The summed E-state index contributed by atoms with van der Waals surface area (Å²) in [7, 11) is 1.18. The van der Waals surface area contributed by atoms with Crippen molar-refractivity contribution < 1.29 is 19.4 Å². The Morgan fingerprint density at radius 3 is 2.33 bits per heavy atom. The van der Waals surface area contributed by atoms with E-state index in [0.717, 1.165) is 5.56 Å². The molecule has 2 unspecified atom stereocenters. The molecule has 0 spiro atoms. The number of esters is 1. The van der Waals surface area contributed by atoms with Crippen LogP contribution in [-0.2, 0) is 14.3 Å². The maximum Gasteiger partial charge on any atom is 0.336 e. The Morgan fingerprint density at radius 1 is 1.29 bits per heavy atom. The summed E-state index contributed by atoms with van der Waals surface area (Å²) in [5.74, 6) is -1.35. The average molecular weight is 314 g/mol. The molecule has 2 N–H and O–H groups in total. The molecule has 6 heteroatoms. The van der Waals surface area contributed by atoms with Crippen molar-refractivity contribution in [1.82, 2.24) is 5.32 Å². The number of aliphatic hydroxyl groups is 1. The molecule has 0 aliphatic carbocycles. The number of hydrogen-bond donors (Lipinski definition) is 2. The number of amides is 1. The van der Waals surface area contributed by atoms with Crippen LogP contribution in [0.15, 0.2) is 24.3 Å². The van der Waals surface area contributed by atoms with Crippen molar-refractivity contribution >= 4 is 23.5 Å². The zero-order valence-electron chi connectivity index (χ0n) is 12.3. The van der Waals surface area contributed by atoms with E-state index in [2.05, 4.69) is 10.1 Å². The van der Waals surface area contributed by atoms with Gasteiger partial charge in [0.25, 0.3) is 0 Å². The number of aliphatic hydroxyl groups excluding tert-OH is 1. The third-order valence-corrected chi connectivity index (χ3v) is 3.37. The van der Waals surface area contributed by atoms with Gasteiger partial charge in [0, 0.05) is 5.02 Å². The molecular formula is C15H20ClNO4. The van der Waals surface area contributed by atoms with Crippen LogP contribution in [0.2, 0.25) is 5.02 Å². The third kappa shape index (κ3) is 5.02. The SMILES string of the molecule is COC(=O)C(O)CNC(=O)C(c1ccc(Cl)cc1)C(C)C. The largest absolute Gasteiger partial charge is 0.467 e. The van der Waals surface area contributed by atoms with E-state index in [9.17, 15) is 14.7 Å². The Kier molecular flexibility index (Phi) is 6.65. The zero-order valence-corrected chi connectivity index (χ0v) is 13.1. The van der Waals surface area contributed by atoms with Crippen molar-refractivity contribution in [3.8, 4) is 0 Å². The maximum absolute atomic E-state index is 12.3. The molecule has 0 aromatic heterocycles. The van der Waals surface area contributed by atoms with Crippen molar-refractivity contribution in [2.45, 2.75) is 25.9 Å². The van der Waals surface area contributed by atoms with Crippen LogP contribution in [0.25, 0.3) is 0 Å². The van der Waals surface area contributed by atoms with Crippen LogP contribution in [0.3, 0.4) is 0 Å². The van der Waals surface area contributed by atoms with Gasteiger partial charge in [-0.15, -0.1) is 0 Å². The lowest BCUT2D eigenvalue weighted by Gasteiger charge is -2.21. The second kappa shape index (κ2) is 8.00. The summed E-state index contributed by atoms with van der Waals surface area (Å²) in [6.07, 6.45) is -1.36. The van der Waals surface area contributed by atoms with Gasteiger partial charge in [0.15, 0.2) is 6.10 Å². The number of nitrogens with one attached hydrogen (secondary N) is 1. The lowest BCUT2D eigenvalue weighted by molar-refractivity contribution is -0.150. The lowest BCUT2D eigenvalue weighted by atomic mass is 9.87. The van der Waals surface area contributed by atoms with Crippen LogP contribution in [0.4, 0.5) is 0 Å². The van der Waals surface area contributed by atoms with Gasteiger partial charge in [-0.25, -0.2) is 4.79 Å². The van der Waals surface area contributed by atoms with Gasteiger partial charge in [0.1, 0.15) is 0 Å². The molecule has 1 aromatic carbocycles. The van der Waals surface area contributed by atoms with E-state index in [1.54, 1.807) is 24.3 Å². The van der Waals surface area contributed by atoms with Crippen LogP contribution < -0.4 is 5.32 Å². The van der Waals surface area contributed by atoms with Crippen molar-refractivity contribution in [3.63, 3.8) is 0 Å². The van der Waals surface area contributed by atoms with E-state index in [4.69, 9.17) is 11.6 Å². The Bertz CT molecular complexity index is 487. The number of methoxy groups -OCH3 is 1. The fourth-order valence-corrected chi connectivity index (χ4v) is 2.16. The molecule has 1 rings (SSSR count). The Morgan fingerprint density at radius 2 is 1.86 bits per heavy atom. The topological polar surface area (TPSA) is 75.6 Å². The number of halogens is 1. The molecule has 0 heterocycles. The van der Waals surface area contributed by atoms with Gasteiger partial charge in [0.2, 0.25) is 5.91 Å². The molecule has 1 amide bonds. The molecule has 0 fully saturated rings. The van der Waals surface area contributed by atoms with E-state index >= 15 is 0 Å². The molecule has 0 aliphatic heterocycles. The van der Waals surface area contributed by atoms with Gasteiger partial charge in [-0.1, -0.05) is 37.6 Å². The summed E-state index contributed by atoms with van der Waals surface area (Å²) >= 11 is 5.84. The minimum atomic E-state index is -1.36. The highest BCUT2D eigenvalue weighted by Gasteiger charge is 2.25. The summed E-state index contributed by atoms with van der Waals surface area (Å²) < 4.78 is 4.40. The minimum absolute atomic E-state index is 0.0569. The number of rotatable bonds is 6. The smallest absolute Gasteiger partial charge is 0.336 e. The van der Waals surface area contributed by atoms with E-state index in [-0.39, 0.29) is 24.3 Å². The molecule has 0 radical (unpaired) electrons. The van der Waals surface area contributed by atoms with Crippen LogP contribution in [-0.4, -0.2) is 36.7 Å². The maximum atomic E-state index is 12.3. The van der Waals surface area contributed by atoms with Crippen molar-refractivity contribution in [3.05, 3.63) is 34.9 Å². The first-order chi connectivity index (χ1) is 9.86. The van der Waals surface area contributed by atoms with Crippen LogP contribution in [0.5, 0.6) is 0 Å². The first-order valence-electron chi connectivity index (χ1n) is 6.66. The fourth-order valence-electron chi connectivity index (χ4n) is 2.04. The summed E-state index contributed by atoms with van der Waals surface area (Å²) in [6.45, 7) is 3.67. The van der Waals surface area contributed by atoms with E-state index in [1.807, 2.05) is 13.8 Å². The second-order valence-electron chi connectivity index (χ2n) is 5.06. The Labute approximate surface area is 129 Å². The second-order valence-corrected chi connectivity index (χ2v) is 5.49. The molecule has 0 aliphatic rings. The Hall–Kier alpha value is -1.59. The predicted molar refractivity (Wildman–Crippen MR) is 80.1 cm³/mol. The van der Waals surface area contributed by atoms with Gasteiger partial charge >= 0.3 is 5.97 Å². The van der Waals surface area contributed by atoms with Gasteiger partial charge in [-0.05, 0) is 23.6 Å². The van der Waals surface area contributed by atoms with E-state index < -0.39 is 12.1 Å². The zero-order chi connectivity index (χ0) is 16.0. The number of carbonyl (C=O) groups excluding carboxylic acids is 2. The van der Waals surface area contributed by atoms with Gasteiger partial charge in [-0.3, -0.25) is 4.79 Å². The summed E-state index contributed by atoms with van der Waals surface area (Å²) in [6, 6.07) is 7.04. The fraction of sp³-hybridized carbons (Fsp3) is 0.467. The van der Waals surface area contributed by atoms with Crippen LogP contribution in [0.1, 0.15) is 25.3 Å². The first kappa shape index (κ1) is 17.5. The van der Waals surface area contributed by atoms with Crippen molar-refractivity contribution in [2.75, 3.05) is 13.7 Å². The molecule has 1 aromatic rings. The molecule has 2 atom stereocenters. The number of ether oxygens (including phenoxy) is 1. The van der Waals surface area contributed by atoms with E-state index in [1.165, 1.54) is 7.11 Å². The predicted octanol–water partition coefficient (Wildman–Crippen LogP) is 1.73. The molecule has 5 nitrogen and oxygen atoms in total. The number of hydrogen-bond acceptors (Lipinski definition) is 4. The Balaban J connectivity index is 2.75. The van der Waals surface area contributed by atoms with Crippen LogP contribution >= 0.6 is 11.6 Å². The molecule has 21 heavy (non-hydrogen) atoms. The highest BCUT2D eigenvalue weighted by molar-refractivity contribution is 6.30. The monoisotopic (exact) mass is 313 g/mol. The van der Waals surface area contributed by atoms with Gasteiger partial charge < -0.3 is 15.2 Å². The standard InChI is InChI=1S/C15H20ClNO4/c1-9(2)13(10-4-6-11(16)7-5-10)14(19)17-8-12(18)15(20)21-3/h4-7,9,12-13,18H,8H2,1-3H3,(H,17,19). The van der Waals surface area contributed by atoms with Gasteiger partial charge in [0.05, 0.1) is 19.6 Å². The molecule has 0 bridgehead atoms. The summed E-state index contributed by atoms with van der Waals surface area (Å²) in [5, 5.41) is 12.7. The average Bonchev–Trinajstić information content (AvgIpc) is 2.45. The lowest BCUT2D eigenvalue weighted by Crippen LogP contribution is -2.40. The quantitative estimate of drug-likeness (QED) is 0.784. The van der Waals surface area contributed by atoms with Crippen molar-refractivity contribution in [1.29, 1.82) is 0 Å². The molecule has 0 saturated heterocycles. The van der Waals surface area contributed by atoms with Gasteiger partial charge in [-0.2, -0.15) is 0 Å². The minimum Gasteiger partial charge on any atom is -0.467 e. The normalized spacial score (nSPS) is 13.6. The van der Waals surface area contributed by atoms with E-state index in [0.29, 0.717) is 5.02 Å². The summed E-state index contributed by atoms with van der Waals surface area (Å²) in [5.41, 5.74) is 0.833. The highest BCUT2D eigenvalue weighted by atomic mass is 35.5. The number of carbonyl (C=O) groups is 2. The molecular weight excluding hydrogens is 294 g/mol. The highest BCUT2D eigenvalue weighted by Crippen LogP contribution is 2.25. The summed E-state index contributed by atoms with van der Waals surface area (Å²) in [4.78, 5) is 23.4. The molecule has 0 saturated carbocycles. The third-order valence-electron chi connectivity index (χ3n) is 3.12. The molecule has 116 valence electrons. The number of benzene rings is 1. The van der Waals surface area contributed by atoms with Crippen molar-refractivity contribution in [2.24, 2.45) is 5.92 Å². The first-order valence-corrected chi connectivity index (χ1v) is 7.03. The van der Waals surface area contributed by atoms with Crippen LogP contribution in [0, 0.1) is 5.92 Å².